The Kier molecular flexibility index (Phi) is 3.80. The van der Waals surface area contributed by atoms with Gasteiger partial charge >= 0.3 is 0 Å². The van der Waals surface area contributed by atoms with Gasteiger partial charge in [0.05, 0.1) is 5.56 Å². The van der Waals surface area contributed by atoms with Gasteiger partial charge < -0.3 is 10.4 Å². The summed E-state index contributed by atoms with van der Waals surface area (Å²) in [4.78, 5) is 11.8. The molecule has 0 aromatic heterocycles. The van der Waals surface area contributed by atoms with E-state index in [0.29, 0.717) is 4.47 Å². The molecule has 0 saturated heterocycles. The summed E-state index contributed by atoms with van der Waals surface area (Å²) in [7, 11) is 0. The number of phenols is 1. The first-order valence-electron chi connectivity index (χ1n) is 5.22. The first kappa shape index (κ1) is 13.5. The molecule has 2 aromatic rings. The van der Waals surface area contributed by atoms with E-state index >= 15 is 0 Å². The number of rotatable bonds is 2. The molecule has 3 nitrogen and oxygen atoms in total. The van der Waals surface area contributed by atoms with E-state index in [4.69, 9.17) is 5.11 Å². The molecular formula is C13H8BrF2NO2. The zero-order valence-corrected chi connectivity index (χ0v) is 11.0. The van der Waals surface area contributed by atoms with Crippen molar-refractivity contribution in [2.24, 2.45) is 0 Å². The maximum absolute atomic E-state index is 13.5. The van der Waals surface area contributed by atoms with Crippen LogP contribution < -0.4 is 5.32 Å². The van der Waals surface area contributed by atoms with Gasteiger partial charge in [-0.1, -0.05) is 15.9 Å². The number of amides is 1. The van der Waals surface area contributed by atoms with Crippen molar-refractivity contribution in [3.8, 4) is 5.75 Å². The normalized spacial score (nSPS) is 10.3. The van der Waals surface area contributed by atoms with Gasteiger partial charge in [-0.2, -0.15) is 0 Å². The lowest BCUT2D eigenvalue weighted by molar-refractivity contribution is 0.102. The lowest BCUT2D eigenvalue weighted by Crippen LogP contribution is -2.13. The molecule has 0 fully saturated rings. The third-order valence-corrected chi connectivity index (χ3v) is 2.87. The van der Waals surface area contributed by atoms with Gasteiger partial charge in [0.1, 0.15) is 5.82 Å². The smallest absolute Gasteiger partial charge is 0.258 e. The number of carbonyl (C=O) groups excluding carboxylic acids is 1. The van der Waals surface area contributed by atoms with Crippen molar-refractivity contribution in [3.63, 3.8) is 0 Å². The van der Waals surface area contributed by atoms with Gasteiger partial charge in [0.2, 0.25) is 0 Å². The summed E-state index contributed by atoms with van der Waals surface area (Å²) in [6, 6.07) is 7.35. The van der Waals surface area contributed by atoms with Crippen LogP contribution in [0.5, 0.6) is 5.75 Å². The Hall–Kier alpha value is -1.95. The van der Waals surface area contributed by atoms with Crippen molar-refractivity contribution in [1.29, 1.82) is 0 Å². The highest BCUT2D eigenvalue weighted by atomic mass is 79.9. The summed E-state index contributed by atoms with van der Waals surface area (Å²) >= 11 is 3.08. The molecule has 2 N–H and O–H groups in total. The Bertz CT molecular complexity index is 647. The van der Waals surface area contributed by atoms with Crippen LogP contribution >= 0.6 is 15.9 Å². The minimum Gasteiger partial charge on any atom is -0.505 e. The summed E-state index contributed by atoms with van der Waals surface area (Å²) in [5.41, 5.74) is -0.0284. The monoisotopic (exact) mass is 327 g/mol. The Morgan fingerprint density at radius 1 is 1.11 bits per heavy atom. The van der Waals surface area contributed by atoms with Crippen molar-refractivity contribution in [2.75, 3.05) is 5.32 Å². The Labute approximate surface area is 116 Å². The SMILES string of the molecule is O=C(Nc1ccc(O)c(F)c1)c1ccc(Br)cc1F. The van der Waals surface area contributed by atoms with Gasteiger partial charge in [0.25, 0.3) is 5.91 Å². The molecule has 19 heavy (non-hydrogen) atoms. The number of hydrogen-bond acceptors (Lipinski definition) is 2. The molecule has 2 rings (SSSR count). The zero-order chi connectivity index (χ0) is 14.0. The predicted octanol–water partition coefficient (Wildman–Crippen LogP) is 3.69. The second-order valence-corrected chi connectivity index (χ2v) is 4.66. The highest BCUT2D eigenvalue weighted by Crippen LogP contribution is 2.21. The maximum atomic E-state index is 13.5. The molecule has 0 saturated carbocycles. The lowest BCUT2D eigenvalue weighted by Gasteiger charge is -2.07. The molecule has 0 atom stereocenters. The predicted molar refractivity (Wildman–Crippen MR) is 70.1 cm³/mol. The molecule has 0 unspecified atom stereocenters. The number of hydrogen-bond donors (Lipinski definition) is 2. The van der Waals surface area contributed by atoms with Gasteiger partial charge in [-0.3, -0.25) is 4.79 Å². The number of halogens is 3. The van der Waals surface area contributed by atoms with Crippen LogP contribution in [0.4, 0.5) is 14.5 Å². The molecule has 0 aliphatic carbocycles. The van der Waals surface area contributed by atoms with Crippen LogP contribution in [0.1, 0.15) is 10.4 Å². The van der Waals surface area contributed by atoms with Crippen molar-refractivity contribution in [2.45, 2.75) is 0 Å². The molecule has 0 heterocycles. The van der Waals surface area contributed by atoms with Crippen molar-refractivity contribution in [3.05, 3.63) is 58.1 Å². The third kappa shape index (κ3) is 3.08. The van der Waals surface area contributed by atoms with E-state index in [-0.39, 0.29) is 11.3 Å². The topological polar surface area (TPSA) is 49.3 Å². The molecule has 1 amide bonds. The molecule has 0 bridgehead atoms. The van der Waals surface area contributed by atoms with Crippen LogP contribution in [-0.4, -0.2) is 11.0 Å². The van der Waals surface area contributed by atoms with Crippen LogP contribution in [0, 0.1) is 11.6 Å². The summed E-state index contributed by atoms with van der Waals surface area (Å²) in [5, 5.41) is 11.4. The van der Waals surface area contributed by atoms with Crippen LogP contribution in [-0.2, 0) is 0 Å². The number of benzene rings is 2. The number of aromatic hydroxyl groups is 1. The molecule has 98 valence electrons. The first-order chi connectivity index (χ1) is 8.97. The Morgan fingerprint density at radius 2 is 1.84 bits per heavy atom. The third-order valence-electron chi connectivity index (χ3n) is 2.38. The van der Waals surface area contributed by atoms with E-state index in [0.717, 1.165) is 18.2 Å². The van der Waals surface area contributed by atoms with Crippen LogP contribution in [0.2, 0.25) is 0 Å². The van der Waals surface area contributed by atoms with E-state index in [1.54, 1.807) is 0 Å². The summed E-state index contributed by atoms with van der Waals surface area (Å²) < 4.78 is 27.1. The standard InChI is InChI=1S/C13H8BrF2NO2/c14-7-1-3-9(10(15)5-7)13(19)17-8-2-4-12(18)11(16)6-8/h1-6,18H,(H,17,19). The summed E-state index contributed by atoms with van der Waals surface area (Å²) in [5.74, 6) is -2.77. The first-order valence-corrected chi connectivity index (χ1v) is 6.01. The lowest BCUT2D eigenvalue weighted by atomic mass is 10.2. The summed E-state index contributed by atoms with van der Waals surface area (Å²) in [6.07, 6.45) is 0. The fourth-order valence-electron chi connectivity index (χ4n) is 1.46. The van der Waals surface area contributed by atoms with Crippen molar-refractivity contribution >= 4 is 27.5 Å². The maximum Gasteiger partial charge on any atom is 0.258 e. The largest absolute Gasteiger partial charge is 0.505 e. The Balaban J connectivity index is 2.23. The average Bonchev–Trinajstić information content (AvgIpc) is 2.33. The van der Waals surface area contributed by atoms with Gasteiger partial charge in [0, 0.05) is 16.2 Å². The quantitative estimate of drug-likeness (QED) is 0.826. The van der Waals surface area contributed by atoms with Crippen LogP contribution in [0.3, 0.4) is 0 Å². The molecular weight excluding hydrogens is 320 g/mol. The number of phenolic OH excluding ortho intramolecular Hbond substituents is 1. The average molecular weight is 328 g/mol. The van der Waals surface area contributed by atoms with Gasteiger partial charge in [0.15, 0.2) is 11.6 Å². The van der Waals surface area contributed by atoms with E-state index in [1.807, 2.05) is 0 Å². The molecule has 2 aromatic carbocycles. The number of nitrogens with one attached hydrogen (secondary N) is 1. The molecule has 0 aliphatic rings. The molecule has 0 spiro atoms. The second kappa shape index (κ2) is 5.36. The molecule has 6 heteroatoms. The van der Waals surface area contributed by atoms with Gasteiger partial charge in [-0.05, 0) is 30.3 Å². The fourth-order valence-corrected chi connectivity index (χ4v) is 1.79. The van der Waals surface area contributed by atoms with E-state index in [1.165, 1.54) is 18.2 Å². The number of anilines is 1. The van der Waals surface area contributed by atoms with Gasteiger partial charge in [-0.25, -0.2) is 8.78 Å². The Morgan fingerprint density at radius 3 is 2.47 bits per heavy atom. The van der Waals surface area contributed by atoms with Crippen molar-refractivity contribution in [1.82, 2.24) is 0 Å². The van der Waals surface area contributed by atoms with Crippen molar-refractivity contribution < 1.29 is 18.7 Å². The van der Waals surface area contributed by atoms with Crippen LogP contribution in [0.15, 0.2) is 40.9 Å². The highest BCUT2D eigenvalue weighted by Gasteiger charge is 2.13. The van der Waals surface area contributed by atoms with E-state index in [2.05, 4.69) is 21.2 Å². The number of carbonyl (C=O) groups is 1. The second-order valence-electron chi connectivity index (χ2n) is 3.74. The minimum atomic E-state index is -0.867. The summed E-state index contributed by atoms with van der Waals surface area (Å²) in [6.45, 7) is 0. The van der Waals surface area contributed by atoms with E-state index < -0.39 is 23.3 Å². The van der Waals surface area contributed by atoms with Crippen LogP contribution in [0.25, 0.3) is 0 Å². The fraction of sp³-hybridized carbons (Fsp3) is 0. The zero-order valence-electron chi connectivity index (χ0n) is 9.45. The molecule has 0 radical (unpaired) electrons. The minimum absolute atomic E-state index is 0.127. The van der Waals surface area contributed by atoms with Gasteiger partial charge in [-0.15, -0.1) is 0 Å². The highest BCUT2D eigenvalue weighted by molar-refractivity contribution is 9.10. The molecule has 0 aliphatic heterocycles. The van der Waals surface area contributed by atoms with E-state index in [9.17, 15) is 13.6 Å².